The highest BCUT2D eigenvalue weighted by molar-refractivity contribution is 9.25. The monoisotopic (exact) mass is 344 g/mol. The lowest BCUT2D eigenvalue weighted by atomic mass is 10.0. The number of carbonyl (C=O) groups is 1. The molecule has 4 heteroatoms. The SMILES string of the molecule is O=C(c1cccc2ccccc12)C(F)(Br)Br. The molecule has 0 spiro atoms. The molecule has 0 aromatic heterocycles. The Morgan fingerprint density at radius 3 is 2.38 bits per heavy atom. The van der Waals surface area contributed by atoms with Crippen LogP contribution in [-0.2, 0) is 0 Å². The van der Waals surface area contributed by atoms with E-state index >= 15 is 0 Å². The van der Waals surface area contributed by atoms with Crippen molar-refractivity contribution in [1.82, 2.24) is 0 Å². The molecule has 0 N–H and O–H groups in total. The van der Waals surface area contributed by atoms with Crippen molar-refractivity contribution >= 4 is 48.4 Å². The summed E-state index contributed by atoms with van der Waals surface area (Å²) >= 11 is 5.33. The zero-order valence-corrected chi connectivity index (χ0v) is 11.3. The van der Waals surface area contributed by atoms with Gasteiger partial charge >= 0.3 is 0 Å². The van der Waals surface area contributed by atoms with Gasteiger partial charge in [-0.15, -0.1) is 0 Å². The molecule has 16 heavy (non-hydrogen) atoms. The molecule has 2 aromatic rings. The van der Waals surface area contributed by atoms with Gasteiger partial charge in [0.1, 0.15) is 0 Å². The van der Waals surface area contributed by atoms with E-state index in [0.717, 1.165) is 10.8 Å². The van der Waals surface area contributed by atoms with Gasteiger partial charge in [0.25, 0.3) is 3.49 Å². The summed E-state index contributed by atoms with van der Waals surface area (Å²) in [4.78, 5) is 11.8. The van der Waals surface area contributed by atoms with Gasteiger partial charge in [-0.2, -0.15) is 0 Å². The molecular formula is C12H7Br2FO. The number of benzene rings is 2. The maximum atomic E-state index is 13.5. The fourth-order valence-corrected chi connectivity index (χ4v) is 2.00. The van der Waals surface area contributed by atoms with Crippen molar-refractivity contribution in [3.8, 4) is 0 Å². The summed E-state index contributed by atoms with van der Waals surface area (Å²) in [6.45, 7) is 0. The van der Waals surface area contributed by atoms with Crippen LogP contribution in [0.15, 0.2) is 42.5 Å². The molecule has 0 saturated heterocycles. The van der Waals surface area contributed by atoms with Crippen LogP contribution in [0.1, 0.15) is 10.4 Å². The van der Waals surface area contributed by atoms with E-state index in [4.69, 9.17) is 0 Å². The van der Waals surface area contributed by atoms with Crippen LogP contribution < -0.4 is 0 Å². The van der Waals surface area contributed by atoms with Crippen LogP contribution in [-0.4, -0.2) is 9.27 Å². The molecule has 0 saturated carbocycles. The number of alkyl halides is 3. The molecular weight excluding hydrogens is 339 g/mol. The van der Waals surface area contributed by atoms with E-state index in [1.165, 1.54) is 0 Å². The van der Waals surface area contributed by atoms with Gasteiger partial charge in [-0.25, -0.2) is 4.39 Å². The number of carbonyl (C=O) groups excluding carboxylic acids is 1. The number of halogens is 3. The molecule has 0 amide bonds. The van der Waals surface area contributed by atoms with Crippen molar-refractivity contribution in [3.05, 3.63) is 48.0 Å². The van der Waals surface area contributed by atoms with E-state index in [2.05, 4.69) is 31.9 Å². The smallest absolute Gasteiger partial charge is 0.280 e. The van der Waals surface area contributed by atoms with Crippen molar-refractivity contribution in [2.24, 2.45) is 0 Å². The Morgan fingerprint density at radius 1 is 1.06 bits per heavy atom. The van der Waals surface area contributed by atoms with Gasteiger partial charge in [0, 0.05) is 5.56 Å². The van der Waals surface area contributed by atoms with Crippen molar-refractivity contribution in [3.63, 3.8) is 0 Å². The van der Waals surface area contributed by atoms with Gasteiger partial charge in [-0.3, -0.25) is 4.79 Å². The fraction of sp³-hybridized carbons (Fsp3) is 0.0833. The molecule has 0 bridgehead atoms. The first-order valence-corrected chi connectivity index (χ1v) is 6.18. The second-order valence-electron chi connectivity index (χ2n) is 3.35. The Bertz CT molecular complexity index is 541. The van der Waals surface area contributed by atoms with Gasteiger partial charge in [0.15, 0.2) is 0 Å². The Balaban J connectivity index is 2.66. The summed E-state index contributed by atoms with van der Waals surface area (Å²) in [7, 11) is 0. The van der Waals surface area contributed by atoms with E-state index < -0.39 is 9.27 Å². The molecule has 0 aliphatic heterocycles. The van der Waals surface area contributed by atoms with Crippen molar-refractivity contribution in [2.75, 3.05) is 0 Å². The Labute approximate surface area is 109 Å². The zero-order chi connectivity index (χ0) is 11.8. The maximum Gasteiger partial charge on any atom is 0.280 e. The van der Waals surface area contributed by atoms with E-state index in [1.54, 1.807) is 18.2 Å². The number of rotatable bonds is 2. The first kappa shape index (κ1) is 11.7. The second-order valence-corrected chi connectivity index (χ2v) is 6.60. The van der Waals surface area contributed by atoms with Gasteiger partial charge in [0.05, 0.1) is 0 Å². The van der Waals surface area contributed by atoms with Crippen LogP contribution in [0.5, 0.6) is 0 Å². The molecule has 0 atom stereocenters. The average Bonchev–Trinajstić information content (AvgIpc) is 2.26. The number of hydrogen-bond donors (Lipinski definition) is 0. The largest absolute Gasteiger partial charge is 0.288 e. The Morgan fingerprint density at radius 2 is 1.69 bits per heavy atom. The number of hydrogen-bond acceptors (Lipinski definition) is 1. The predicted molar refractivity (Wildman–Crippen MR) is 70.0 cm³/mol. The minimum absolute atomic E-state index is 0.356. The third kappa shape index (κ3) is 2.18. The third-order valence-electron chi connectivity index (χ3n) is 2.29. The first-order chi connectivity index (χ1) is 7.50. The molecule has 2 aromatic carbocycles. The Kier molecular flexibility index (Phi) is 3.13. The molecule has 0 fully saturated rings. The van der Waals surface area contributed by atoms with Gasteiger partial charge in [-0.1, -0.05) is 42.5 Å². The van der Waals surface area contributed by atoms with Gasteiger partial charge in [-0.05, 0) is 42.6 Å². The molecule has 0 unspecified atom stereocenters. The van der Waals surface area contributed by atoms with Crippen LogP contribution in [0, 0.1) is 0 Å². The summed E-state index contributed by atoms with van der Waals surface area (Å²) in [5, 5.41) is 1.66. The summed E-state index contributed by atoms with van der Waals surface area (Å²) in [6.07, 6.45) is 0. The number of fused-ring (bicyclic) bond motifs is 1. The second kappa shape index (κ2) is 4.26. The minimum atomic E-state index is -2.20. The lowest BCUT2D eigenvalue weighted by Gasteiger charge is -2.10. The molecule has 0 heterocycles. The van der Waals surface area contributed by atoms with Gasteiger partial charge in [0.2, 0.25) is 5.78 Å². The third-order valence-corrected chi connectivity index (χ3v) is 3.01. The average molecular weight is 346 g/mol. The standard InChI is InChI=1S/C12H7Br2FO/c13-12(14,15)11(16)10-7-3-5-8-4-1-2-6-9(8)10/h1-7H. The maximum absolute atomic E-state index is 13.5. The van der Waals surface area contributed by atoms with E-state index in [1.807, 2.05) is 24.3 Å². The van der Waals surface area contributed by atoms with Crippen LogP contribution in [0.2, 0.25) is 0 Å². The van der Waals surface area contributed by atoms with Crippen LogP contribution in [0.25, 0.3) is 10.8 Å². The van der Waals surface area contributed by atoms with Crippen molar-refractivity contribution in [2.45, 2.75) is 3.49 Å². The van der Waals surface area contributed by atoms with Gasteiger partial charge < -0.3 is 0 Å². The molecule has 2 rings (SSSR count). The minimum Gasteiger partial charge on any atom is -0.288 e. The van der Waals surface area contributed by atoms with Crippen LogP contribution in [0.4, 0.5) is 4.39 Å². The highest BCUT2D eigenvalue weighted by Crippen LogP contribution is 2.34. The molecule has 0 radical (unpaired) electrons. The molecule has 0 aliphatic carbocycles. The van der Waals surface area contributed by atoms with E-state index in [-0.39, 0.29) is 0 Å². The lowest BCUT2D eigenvalue weighted by Crippen LogP contribution is -2.19. The van der Waals surface area contributed by atoms with Crippen LogP contribution in [0.3, 0.4) is 0 Å². The Hall–Kier alpha value is -0.740. The normalized spacial score (nSPS) is 11.7. The molecule has 0 aliphatic rings. The fourth-order valence-electron chi connectivity index (χ4n) is 1.58. The molecule has 82 valence electrons. The van der Waals surface area contributed by atoms with Crippen molar-refractivity contribution < 1.29 is 9.18 Å². The summed E-state index contributed by atoms with van der Waals surface area (Å²) < 4.78 is 11.3. The highest BCUT2D eigenvalue weighted by atomic mass is 79.9. The number of Topliss-reactive ketones (excluding diaryl/α,β-unsaturated/α-hetero) is 1. The van der Waals surface area contributed by atoms with E-state index in [0.29, 0.717) is 5.56 Å². The number of ketones is 1. The summed E-state index contributed by atoms with van der Waals surface area (Å²) in [5.41, 5.74) is 0.356. The first-order valence-electron chi connectivity index (χ1n) is 4.59. The predicted octanol–water partition coefficient (Wildman–Crippen LogP) is 4.44. The van der Waals surface area contributed by atoms with E-state index in [9.17, 15) is 9.18 Å². The lowest BCUT2D eigenvalue weighted by molar-refractivity contribution is 0.0928. The quantitative estimate of drug-likeness (QED) is 0.581. The zero-order valence-electron chi connectivity index (χ0n) is 8.08. The topological polar surface area (TPSA) is 17.1 Å². The highest BCUT2D eigenvalue weighted by Gasteiger charge is 2.33. The summed E-state index contributed by atoms with van der Waals surface area (Å²) in [6, 6.07) is 12.6. The summed E-state index contributed by atoms with van der Waals surface area (Å²) in [5.74, 6) is -0.635. The molecule has 1 nitrogen and oxygen atoms in total. The van der Waals surface area contributed by atoms with Crippen LogP contribution >= 0.6 is 31.9 Å². The van der Waals surface area contributed by atoms with Crippen molar-refractivity contribution in [1.29, 1.82) is 0 Å².